The number of amides is 8. The third kappa shape index (κ3) is 17.3. The molecule has 1 aliphatic heterocycles. The van der Waals surface area contributed by atoms with Crippen LogP contribution in [0.3, 0.4) is 0 Å². The third-order valence-electron chi connectivity index (χ3n) is 14.9. The molecule has 8 amide bonds. The smallest absolute Gasteiger partial charge is 0.244 e. The predicted molar refractivity (Wildman–Crippen MR) is 332 cm³/mol. The number of rotatable bonds is 18. The number of hydrogen-bond donors (Lipinski definition) is 12. The van der Waals surface area contributed by atoms with E-state index < -0.39 is 102 Å². The molecule has 1 saturated heterocycles. The minimum absolute atomic E-state index is 0.0182. The molecule has 1 unspecified atom stereocenters. The first-order valence-electron chi connectivity index (χ1n) is 28.3. The molecule has 1 fully saturated rings. The van der Waals surface area contributed by atoms with E-state index in [4.69, 9.17) is 17.2 Å². The van der Waals surface area contributed by atoms with E-state index in [2.05, 4.69) is 42.2 Å². The molecule has 0 bridgehead atoms. The van der Waals surface area contributed by atoms with Gasteiger partial charge in [-0.25, -0.2) is 0 Å². The number of aromatic hydroxyl groups is 1. The lowest BCUT2D eigenvalue weighted by Crippen LogP contribution is -2.61. The van der Waals surface area contributed by atoms with Crippen LogP contribution >= 0.6 is 21.6 Å². The number of aromatic amines is 1. The summed E-state index contributed by atoms with van der Waals surface area (Å²) >= 11 is 0. The summed E-state index contributed by atoms with van der Waals surface area (Å²) in [5.41, 5.74) is 21.8. The second-order valence-electron chi connectivity index (χ2n) is 21.7. The fraction of sp³-hybridized carbons (Fsp3) is 0.333. The molecule has 22 heteroatoms. The van der Waals surface area contributed by atoms with Crippen molar-refractivity contribution < 1.29 is 43.5 Å². The number of unbranched alkanes of at least 4 members (excludes halogenated alkanes) is 1. The Morgan fingerprint density at radius 2 is 1.19 bits per heavy atom. The highest BCUT2D eigenvalue weighted by Crippen LogP contribution is 2.26. The first-order chi connectivity index (χ1) is 40.9. The molecule has 6 aromatic carbocycles. The molecule has 0 radical (unpaired) electrons. The molecule has 8 rings (SSSR count). The summed E-state index contributed by atoms with van der Waals surface area (Å²) in [7, 11) is 2.14. The van der Waals surface area contributed by atoms with Gasteiger partial charge in [0.1, 0.15) is 48.0 Å². The number of hydrogen-bond acceptors (Lipinski definition) is 13. The molecular formula is C63H73N11O9S2. The van der Waals surface area contributed by atoms with Crippen LogP contribution in [0.25, 0.3) is 32.4 Å². The lowest BCUT2D eigenvalue weighted by Gasteiger charge is -2.29. The van der Waals surface area contributed by atoms with Gasteiger partial charge in [-0.05, 0) is 100 Å². The SMILES string of the molecule is CC(C)[C@@H]1NC(=O)[C@H](CCCCN)NC(=O)[C@@H](Cc2c[nH]c3ccccc23)NC(=O)[C@H](Cc2ccc(O)cc2)NC(=O)C(NC(=O)[C@H](N)Cc2ccc3ccccc3c2)CSSC[C@@H](C(=O)N[C@H](Cc2ccc3ccccc3c2)C(N)=O)NC1=O. The minimum Gasteiger partial charge on any atom is -0.508 e. The van der Waals surface area contributed by atoms with Gasteiger partial charge in [0.25, 0.3) is 0 Å². The highest BCUT2D eigenvalue weighted by atomic mass is 33.1. The molecule has 20 nitrogen and oxygen atoms in total. The average Bonchev–Trinajstić information content (AvgIpc) is 4.02. The van der Waals surface area contributed by atoms with Crippen molar-refractivity contribution in [1.82, 2.24) is 42.2 Å². The minimum atomic E-state index is -1.41. The molecule has 7 aromatic rings. The number of H-pyrrole nitrogens is 1. The van der Waals surface area contributed by atoms with Crippen molar-refractivity contribution >= 4 is 101 Å². The van der Waals surface area contributed by atoms with Crippen molar-refractivity contribution in [2.45, 2.75) is 107 Å². The zero-order chi connectivity index (χ0) is 60.6. The van der Waals surface area contributed by atoms with Gasteiger partial charge in [-0.15, -0.1) is 0 Å². The van der Waals surface area contributed by atoms with Crippen LogP contribution in [0.1, 0.15) is 55.4 Å². The van der Waals surface area contributed by atoms with Crippen molar-refractivity contribution in [3.63, 3.8) is 0 Å². The number of carbonyl (C=O) groups is 8. The van der Waals surface area contributed by atoms with E-state index in [-0.39, 0.29) is 55.9 Å². The zero-order valence-electron chi connectivity index (χ0n) is 47.3. The molecule has 446 valence electrons. The normalized spacial score (nSPS) is 20.3. The van der Waals surface area contributed by atoms with Crippen LogP contribution in [0.15, 0.2) is 140 Å². The van der Waals surface area contributed by atoms with Crippen molar-refractivity contribution in [3.05, 3.63) is 162 Å². The number of phenols is 1. The summed E-state index contributed by atoms with van der Waals surface area (Å²) < 4.78 is 0. The van der Waals surface area contributed by atoms with Crippen LogP contribution in [-0.2, 0) is 64.0 Å². The first kappa shape index (κ1) is 62.6. The molecule has 2 heterocycles. The molecule has 8 atom stereocenters. The largest absolute Gasteiger partial charge is 0.508 e. The Morgan fingerprint density at radius 3 is 1.84 bits per heavy atom. The summed E-state index contributed by atoms with van der Waals surface area (Å²) in [6.45, 7) is 3.69. The van der Waals surface area contributed by atoms with Gasteiger partial charge in [-0.3, -0.25) is 38.4 Å². The maximum absolute atomic E-state index is 15.0. The number of phenolic OH excluding ortho intramolecular Hbond substituents is 1. The molecule has 0 aliphatic carbocycles. The highest BCUT2D eigenvalue weighted by Gasteiger charge is 2.36. The molecular weight excluding hydrogens is 1120 g/mol. The third-order valence-corrected chi connectivity index (χ3v) is 17.3. The maximum atomic E-state index is 15.0. The van der Waals surface area contributed by atoms with Gasteiger partial charge >= 0.3 is 0 Å². The summed E-state index contributed by atoms with van der Waals surface area (Å²) in [4.78, 5) is 119. The highest BCUT2D eigenvalue weighted by molar-refractivity contribution is 8.76. The Labute approximate surface area is 500 Å². The van der Waals surface area contributed by atoms with E-state index in [1.54, 1.807) is 32.2 Å². The molecule has 0 spiro atoms. The van der Waals surface area contributed by atoms with Gasteiger partial charge in [0, 0.05) is 47.9 Å². The van der Waals surface area contributed by atoms with E-state index in [0.717, 1.165) is 59.6 Å². The number of fused-ring (bicyclic) bond motifs is 3. The predicted octanol–water partition coefficient (Wildman–Crippen LogP) is 3.84. The van der Waals surface area contributed by atoms with E-state index in [1.165, 1.54) is 12.1 Å². The van der Waals surface area contributed by atoms with Crippen LogP contribution < -0.4 is 54.4 Å². The van der Waals surface area contributed by atoms with Crippen LogP contribution in [-0.4, -0.2) is 124 Å². The summed E-state index contributed by atoms with van der Waals surface area (Å²) in [6.07, 6.45) is 2.56. The molecule has 1 aromatic heterocycles. The van der Waals surface area contributed by atoms with Gasteiger partial charge in [0.05, 0.1) is 6.04 Å². The van der Waals surface area contributed by atoms with Crippen molar-refractivity contribution in [2.24, 2.45) is 23.1 Å². The van der Waals surface area contributed by atoms with E-state index in [9.17, 15) is 43.5 Å². The summed E-state index contributed by atoms with van der Waals surface area (Å²) in [5, 5.41) is 34.5. The van der Waals surface area contributed by atoms with Crippen molar-refractivity contribution in [2.75, 3.05) is 18.1 Å². The van der Waals surface area contributed by atoms with Gasteiger partial charge in [0.15, 0.2) is 0 Å². The van der Waals surface area contributed by atoms with Gasteiger partial charge in [0.2, 0.25) is 47.3 Å². The Kier molecular flexibility index (Phi) is 22.0. The quantitative estimate of drug-likeness (QED) is 0.0430. The van der Waals surface area contributed by atoms with Crippen LogP contribution in [0.5, 0.6) is 5.75 Å². The van der Waals surface area contributed by atoms with Crippen molar-refractivity contribution in [1.29, 1.82) is 0 Å². The first-order valence-corrected chi connectivity index (χ1v) is 30.8. The molecule has 15 N–H and O–H groups in total. The Bertz CT molecular complexity index is 3530. The maximum Gasteiger partial charge on any atom is 0.244 e. The summed E-state index contributed by atoms with van der Waals surface area (Å²) in [5.74, 6) is -7.08. The fourth-order valence-electron chi connectivity index (χ4n) is 10.1. The molecule has 0 saturated carbocycles. The number of nitrogens with one attached hydrogen (secondary N) is 8. The lowest BCUT2D eigenvalue weighted by molar-refractivity contribution is -0.136. The molecule has 1 aliphatic rings. The molecule has 85 heavy (non-hydrogen) atoms. The average molecular weight is 1190 g/mol. The van der Waals surface area contributed by atoms with Gasteiger partial charge in [-0.2, -0.15) is 0 Å². The van der Waals surface area contributed by atoms with Crippen LogP contribution in [0.2, 0.25) is 0 Å². The van der Waals surface area contributed by atoms with Gasteiger partial charge < -0.3 is 64.5 Å². The Hall–Kier alpha value is -8.44. The Balaban J connectivity index is 1.14. The Morgan fingerprint density at radius 1 is 0.624 bits per heavy atom. The van der Waals surface area contributed by atoms with Crippen LogP contribution in [0.4, 0.5) is 0 Å². The number of benzene rings is 6. The van der Waals surface area contributed by atoms with E-state index in [1.807, 2.05) is 109 Å². The van der Waals surface area contributed by atoms with E-state index >= 15 is 0 Å². The number of aromatic nitrogens is 1. The number of carbonyl (C=O) groups excluding carboxylic acids is 8. The second-order valence-corrected chi connectivity index (χ2v) is 24.2. The summed E-state index contributed by atoms with van der Waals surface area (Å²) in [6, 6.07) is 29.7. The van der Waals surface area contributed by atoms with Crippen molar-refractivity contribution in [3.8, 4) is 5.75 Å². The zero-order valence-corrected chi connectivity index (χ0v) is 48.9. The van der Waals surface area contributed by atoms with E-state index in [0.29, 0.717) is 29.5 Å². The topological polar surface area (TPSA) is 335 Å². The number of nitrogens with two attached hydrogens (primary N) is 3. The standard InChI is InChI=1S/C63H73N11O9S2/c1-36(2)55-63(83)73-54(61(81)69-50(56(66)76)31-39-19-23-41-12-4-6-14-43(41)28-39)35-85-84-34-53(72-57(77)47(65)29-38-18-22-40-11-3-5-13-42(40)27-38)62(82)70-51(30-37-20-24-45(75)25-21-37)59(79)71-52(32-44-33-67-48-16-8-7-15-46(44)48)60(80)68-49(58(78)74-55)17-9-10-26-64/h3-8,11-16,18-25,27-28,33,36,47,49-55,67,75H,9-10,17,26,29-32,34-35,64-65H2,1-2H3,(H2,66,76)(H,68,80)(H,69,81)(H,70,82)(H,71,79)(H,72,77)(H,73,83)(H,74,78)/t47-,49+,50-,51+,52-,53?,54+,55+/m1/s1. The number of para-hydroxylation sites is 1. The fourth-order valence-corrected chi connectivity index (χ4v) is 12.4. The second kappa shape index (κ2) is 29.9. The van der Waals surface area contributed by atoms with Crippen LogP contribution in [0, 0.1) is 5.92 Å². The number of primary amides is 1. The monoisotopic (exact) mass is 1190 g/mol. The lowest BCUT2D eigenvalue weighted by atomic mass is 9.99. The van der Waals surface area contributed by atoms with Gasteiger partial charge in [-0.1, -0.05) is 151 Å².